The normalized spacial score (nSPS) is 27.7. The van der Waals surface area contributed by atoms with Gasteiger partial charge in [-0.2, -0.15) is 0 Å². The molecular weight excluding hydrogens is 357 g/mol. The molecule has 2 heterocycles. The number of benzene rings is 2. The number of halogens is 1. The summed E-state index contributed by atoms with van der Waals surface area (Å²) in [6, 6.07) is 11.8. The lowest BCUT2D eigenvalue weighted by molar-refractivity contribution is -0.159. The van der Waals surface area contributed by atoms with Crippen LogP contribution in [0.4, 0.5) is 4.39 Å². The zero-order valence-electron chi connectivity index (χ0n) is 14.3. The molecule has 0 radical (unpaired) electrons. The van der Waals surface area contributed by atoms with Gasteiger partial charge in [-0.3, -0.25) is 4.79 Å². The van der Waals surface area contributed by atoms with Crippen molar-refractivity contribution >= 4 is 15.7 Å². The summed E-state index contributed by atoms with van der Waals surface area (Å²) in [6.45, 7) is 1.79. The van der Waals surface area contributed by atoms with Gasteiger partial charge >= 0.3 is 0 Å². The summed E-state index contributed by atoms with van der Waals surface area (Å²) in [4.78, 5) is 14.3. The fourth-order valence-corrected chi connectivity index (χ4v) is 5.78. The summed E-state index contributed by atoms with van der Waals surface area (Å²) in [7, 11) is -2.44. The first-order valence-corrected chi connectivity index (χ1v) is 9.84. The van der Waals surface area contributed by atoms with E-state index in [4.69, 9.17) is 4.74 Å². The summed E-state index contributed by atoms with van der Waals surface area (Å²) < 4.78 is 45.8. The molecule has 2 bridgehead atoms. The number of ether oxygens (including phenoxy) is 1. The van der Waals surface area contributed by atoms with Crippen molar-refractivity contribution < 1.29 is 22.3 Å². The van der Waals surface area contributed by atoms with Gasteiger partial charge < -0.3 is 9.64 Å². The highest BCUT2D eigenvalue weighted by molar-refractivity contribution is 7.92. The third-order valence-electron chi connectivity index (χ3n) is 5.37. The van der Waals surface area contributed by atoms with Crippen LogP contribution in [0.15, 0.2) is 53.4 Å². The molecule has 0 saturated carbocycles. The minimum Gasteiger partial charge on any atom is -0.468 e. The van der Waals surface area contributed by atoms with Crippen LogP contribution >= 0.6 is 0 Å². The maximum absolute atomic E-state index is 13.3. The van der Waals surface area contributed by atoms with Gasteiger partial charge in [-0.1, -0.05) is 18.2 Å². The molecule has 5 nitrogen and oxygen atoms in total. The number of carbonyl (C=O) groups is 1. The van der Waals surface area contributed by atoms with Gasteiger partial charge in [-0.25, -0.2) is 12.8 Å². The van der Waals surface area contributed by atoms with Crippen LogP contribution in [0.1, 0.15) is 24.8 Å². The van der Waals surface area contributed by atoms with E-state index < -0.39 is 38.5 Å². The Morgan fingerprint density at radius 3 is 2.50 bits per heavy atom. The summed E-state index contributed by atoms with van der Waals surface area (Å²) in [5.74, 6) is -0.976. The Kier molecular flexibility index (Phi) is 3.63. The molecule has 2 aromatic carbocycles. The van der Waals surface area contributed by atoms with Gasteiger partial charge in [0, 0.05) is 19.4 Å². The second kappa shape index (κ2) is 5.54. The second-order valence-electron chi connectivity index (χ2n) is 6.94. The fourth-order valence-electron chi connectivity index (χ4n) is 3.87. The minimum absolute atomic E-state index is 0.0572. The predicted octanol–water partition coefficient (Wildman–Crippen LogP) is 2.72. The van der Waals surface area contributed by atoms with E-state index in [1.807, 2.05) is 6.07 Å². The summed E-state index contributed by atoms with van der Waals surface area (Å²) in [5.41, 5.74) is -0.188. The van der Waals surface area contributed by atoms with Crippen molar-refractivity contribution in [1.82, 2.24) is 4.90 Å². The van der Waals surface area contributed by atoms with E-state index >= 15 is 0 Å². The van der Waals surface area contributed by atoms with E-state index in [0.717, 1.165) is 12.1 Å². The Labute approximate surface area is 151 Å². The fraction of sp³-hybridized carbons (Fsp3) is 0.316. The predicted molar refractivity (Wildman–Crippen MR) is 93.0 cm³/mol. The lowest BCUT2D eigenvalue weighted by Crippen LogP contribution is -2.64. The maximum Gasteiger partial charge on any atom is 0.244 e. The highest BCUT2D eigenvalue weighted by Crippen LogP contribution is 2.49. The zero-order valence-corrected chi connectivity index (χ0v) is 15.2. The molecule has 136 valence electrons. The van der Waals surface area contributed by atoms with Crippen molar-refractivity contribution in [3.05, 3.63) is 59.9 Å². The number of hydrogen-bond donors (Lipinski definition) is 0. The van der Waals surface area contributed by atoms with Gasteiger partial charge in [0.2, 0.25) is 5.91 Å². The Hall–Kier alpha value is -2.41. The van der Waals surface area contributed by atoms with E-state index in [1.165, 1.54) is 17.0 Å². The second-order valence-corrected chi connectivity index (χ2v) is 9.01. The first-order valence-electron chi connectivity index (χ1n) is 8.29. The van der Waals surface area contributed by atoms with Crippen LogP contribution in [0.5, 0.6) is 5.75 Å². The Bertz CT molecular complexity index is 989. The van der Waals surface area contributed by atoms with Crippen LogP contribution in [-0.4, -0.2) is 37.2 Å². The molecule has 0 spiro atoms. The van der Waals surface area contributed by atoms with Crippen molar-refractivity contribution in [2.75, 3.05) is 7.05 Å². The molecule has 1 saturated heterocycles. The quantitative estimate of drug-likeness (QED) is 0.757. The van der Waals surface area contributed by atoms with E-state index in [2.05, 4.69) is 0 Å². The first-order chi connectivity index (χ1) is 12.2. The van der Waals surface area contributed by atoms with Crippen LogP contribution in [-0.2, 0) is 14.6 Å². The molecule has 7 heteroatoms. The molecule has 2 aliphatic heterocycles. The van der Waals surface area contributed by atoms with E-state index in [0.29, 0.717) is 17.7 Å². The van der Waals surface area contributed by atoms with Crippen molar-refractivity contribution in [1.29, 1.82) is 0 Å². The molecule has 0 aromatic heterocycles. The lowest BCUT2D eigenvalue weighted by Gasteiger charge is -2.51. The lowest BCUT2D eigenvalue weighted by atomic mass is 9.80. The Balaban J connectivity index is 1.89. The molecule has 0 aliphatic carbocycles. The third kappa shape index (κ3) is 2.34. The van der Waals surface area contributed by atoms with Crippen LogP contribution in [0.25, 0.3) is 0 Å². The van der Waals surface area contributed by atoms with Crippen LogP contribution in [0.2, 0.25) is 0 Å². The molecular formula is C19H18FNO4S. The molecule has 2 aromatic rings. The van der Waals surface area contributed by atoms with Crippen LogP contribution < -0.4 is 4.74 Å². The number of rotatable bonds is 2. The van der Waals surface area contributed by atoms with Crippen LogP contribution in [0.3, 0.4) is 0 Å². The van der Waals surface area contributed by atoms with Gasteiger partial charge in [-0.15, -0.1) is 0 Å². The van der Waals surface area contributed by atoms with Gasteiger partial charge in [-0.05, 0) is 42.8 Å². The highest BCUT2D eigenvalue weighted by atomic mass is 32.2. The van der Waals surface area contributed by atoms with E-state index in [-0.39, 0.29) is 4.90 Å². The largest absolute Gasteiger partial charge is 0.468 e. The first kappa shape index (κ1) is 17.0. The monoisotopic (exact) mass is 375 g/mol. The van der Waals surface area contributed by atoms with Crippen molar-refractivity contribution in [2.45, 2.75) is 35.1 Å². The molecule has 1 fully saturated rings. The average molecular weight is 375 g/mol. The number of piperidine rings is 1. The van der Waals surface area contributed by atoms with Gasteiger partial charge in [0.25, 0.3) is 0 Å². The number of fused-ring (bicyclic) bond motifs is 4. The van der Waals surface area contributed by atoms with E-state index in [9.17, 15) is 17.6 Å². The number of sulfone groups is 1. The third-order valence-corrected chi connectivity index (χ3v) is 7.50. The number of nitrogens with zero attached hydrogens (tertiary/aromatic N) is 1. The van der Waals surface area contributed by atoms with Gasteiger partial charge in [0.15, 0.2) is 20.8 Å². The van der Waals surface area contributed by atoms with Crippen molar-refractivity contribution in [3.8, 4) is 5.75 Å². The topological polar surface area (TPSA) is 63.7 Å². The summed E-state index contributed by atoms with van der Waals surface area (Å²) >= 11 is 0. The molecule has 0 N–H and O–H groups in total. The number of amides is 1. The molecule has 2 aliphatic rings. The smallest absolute Gasteiger partial charge is 0.244 e. The number of likely N-dealkylation sites (tertiary alicyclic amines) is 1. The zero-order chi connectivity index (χ0) is 18.7. The van der Waals surface area contributed by atoms with Crippen molar-refractivity contribution in [2.24, 2.45) is 0 Å². The molecule has 1 amide bonds. The number of carbonyl (C=O) groups excluding carboxylic acids is 1. The highest BCUT2D eigenvalue weighted by Gasteiger charge is 2.56. The summed E-state index contributed by atoms with van der Waals surface area (Å²) in [5, 5.41) is -1.27. The number of hydrogen-bond acceptors (Lipinski definition) is 4. The standard InChI is InChI=1S/C19H18FNO4S/c1-19-11-15(14-5-3-4-6-16(14)25-19)17(18(22)21(19)2)26(23,24)13-9-7-12(20)8-10-13/h3-10,15,17H,11H2,1-2H3. The minimum atomic E-state index is -3.99. The van der Waals surface area contributed by atoms with Crippen molar-refractivity contribution in [3.63, 3.8) is 0 Å². The summed E-state index contributed by atoms with van der Waals surface area (Å²) in [6.07, 6.45) is 0.372. The molecule has 3 atom stereocenters. The molecule has 3 unspecified atom stereocenters. The van der Waals surface area contributed by atoms with Crippen LogP contribution in [0, 0.1) is 5.82 Å². The molecule has 4 rings (SSSR count). The SMILES string of the molecule is CN1C(=O)C(S(=O)(=O)c2ccc(F)cc2)C2CC1(C)Oc1ccccc12. The number of para-hydroxylation sites is 1. The molecule has 26 heavy (non-hydrogen) atoms. The van der Waals surface area contributed by atoms with Gasteiger partial charge in [0.05, 0.1) is 4.90 Å². The Morgan fingerprint density at radius 2 is 1.81 bits per heavy atom. The Morgan fingerprint density at radius 1 is 1.15 bits per heavy atom. The van der Waals surface area contributed by atoms with Gasteiger partial charge in [0.1, 0.15) is 11.6 Å². The average Bonchev–Trinajstić information content (AvgIpc) is 2.60. The van der Waals surface area contributed by atoms with E-state index in [1.54, 1.807) is 32.2 Å². The maximum atomic E-state index is 13.3.